The van der Waals surface area contributed by atoms with E-state index >= 15 is 0 Å². The van der Waals surface area contributed by atoms with Crippen LogP contribution in [0.25, 0.3) is 0 Å². The SMILES string of the molecule is COCCNC(=O)C(C)NS(=O)(=O)c1ccc(C(=O)O)o1. The third kappa shape index (κ3) is 4.85. The molecule has 0 aliphatic rings. The third-order valence-electron chi connectivity index (χ3n) is 2.39. The van der Waals surface area contributed by atoms with Crippen LogP contribution in [-0.2, 0) is 19.6 Å². The van der Waals surface area contributed by atoms with Crippen molar-refractivity contribution in [2.45, 2.75) is 18.1 Å². The number of nitrogens with one attached hydrogen (secondary N) is 2. The Hall–Kier alpha value is -1.91. The highest BCUT2D eigenvalue weighted by molar-refractivity contribution is 7.89. The van der Waals surface area contributed by atoms with Gasteiger partial charge in [0.1, 0.15) is 0 Å². The Balaban J connectivity index is 2.70. The molecule has 0 spiro atoms. The van der Waals surface area contributed by atoms with Crippen LogP contribution < -0.4 is 10.0 Å². The predicted molar refractivity (Wildman–Crippen MR) is 70.3 cm³/mol. The number of furan rings is 1. The number of carboxylic acids is 1. The summed E-state index contributed by atoms with van der Waals surface area (Å²) < 4.78 is 35.3. The van der Waals surface area contributed by atoms with Crippen molar-refractivity contribution in [2.24, 2.45) is 0 Å². The van der Waals surface area contributed by atoms with Crippen LogP contribution in [-0.4, -0.2) is 51.7 Å². The van der Waals surface area contributed by atoms with E-state index in [1.54, 1.807) is 0 Å². The van der Waals surface area contributed by atoms with Gasteiger partial charge in [0.2, 0.25) is 16.8 Å². The molecular formula is C11H16N2O7S. The average molecular weight is 320 g/mol. The minimum atomic E-state index is -4.12. The first-order valence-corrected chi connectivity index (χ1v) is 7.38. The van der Waals surface area contributed by atoms with Crippen molar-refractivity contribution in [3.05, 3.63) is 17.9 Å². The molecule has 0 aliphatic heterocycles. The van der Waals surface area contributed by atoms with E-state index in [4.69, 9.17) is 9.84 Å². The maximum atomic E-state index is 11.9. The normalized spacial score (nSPS) is 12.9. The zero-order chi connectivity index (χ0) is 16.0. The molecule has 0 bridgehead atoms. The van der Waals surface area contributed by atoms with Crippen molar-refractivity contribution >= 4 is 21.9 Å². The Bertz CT molecular complexity index is 608. The molecule has 1 heterocycles. The number of amides is 1. The number of rotatable bonds is 8. The number of sulfonamides is 1. The standard InChI is InChI=1S/C11H16N2O7S/c1-7(10(14)12-5-6-19-2)13-21(17,18)9-4-3-8(20-9)11(15)16/h3-4,7,13H,5-6H2,1-2H3,(H,12,14)(H,15,16). The van der Waals surface area contributed by atoms with Gasteiger partial charge in [0.15, 0.2) is 0 Å². The summed E-state index contributed by atoms with van der Waals surface area (Å²) in [5, 5.41) is 10.6. The van der Waals surface area contributed by atoms with Gasteiger partial charge in [0.25, 0.3) is 10.0 Å². The molecule has 0 saturated carbocycles. The smallest absolute Gasteiger partial charge is 0.371 e. The molecule has 0 fully saturated rings. The van der Waals surface area contributed by atoms with Crippen LogP contribution in [0.4, 0.5) is 0 Å². The monoisotopic (exact) mass is 320 g/mol. The van der Waals surface area contributed by atoms with Crippen molar-refractivity contribution in [2.75, 3.05) is 20.3 Å². The van der Waals surface area contributed by atoms with E-state index in [9.17, 15) is 18.0 Å². The van der Waals surface area contributed by atoms with Crippen LogP contribution >= 0.6 is 0 Å². The van der Waals surface area contributed by atoms with Crippen LogP contribution in [0.3, 0.4) is 0 Å². The fourth-order valence-electron chi connectivity index (χ4n) is 1.35. The van der Waals surface area contributed by atoms with Gasteiger partial charge in [-0.25, -0.2) is 13.2 Å². The van der Waals surface area contributed by atoms with Crippen molar-refractivity contribution in [3.8, 4) is 0 Å². The summed E-state index contributed by atoms with van der Waals surface area (Å²) in [6, 6.07) is 0.965. The van der Waals surface area contributed by atoms with E-state index < -0.39 is 38.8 Å². The fraction of sp³-hybridized carbons (Fsp3) is 0.455. The summed E-state index contributed by atoms with van der Waals surface area (Å²) in [6.45, 7) is 1.89. The van der Waals surface area contributed by atoms with Crippen LogP contribution in [0.5, 0.6) is 0 Å². The molecule has 1 aromatic rings. The first kappa shape index (κ1) is 17.1. The van der Waals surface area contributed by atoms with Crippen LogP contribution in [0.2, 0.25) is 0 Å². The van der Waals surface area contributed by atoms with Gasteiger partial charge < -0.3 is 19.6 Å². The van der Waals surface area contributed by atoms with E-state index in [1.807, 2.05) is 0 Å². The maximum Gasteiger partial charge on any atom is 0.371 e. The van der Waals surface area contributed by atoms with Crippen LogP contribution in [0.15, 0.2) is 21.6 Å². The van der Waals surface area contributed by atoms with E-state index in [1.165, 1.54) is 14.0 Å². The van der Waals surface area contributed by atoms with Gasteiger partial charge in [-0.15, -0.1) is 0 Å². The molecule has 0 radical (unpaired) electrons. The molecule has 1 rings (SSSR count). The van der Waals surface area contributed by atoms with Crippen molar-refractivity contribution < 1.29 is 32.3 Å². The second-order valence-electron chi connectivity index (χ2n) is 4.05. The van der Waals surface area contributed by atoms with Gasteiger partial charge in [-0.1, -0.05) is 0 Å². The first-order chi connectivity index (χ1) is 9.77. The minimum Gasteiger partial charge on any atom is -0.475 e. The lowest BCUT2D eigenvalue weighted by atomic mass is 10.3. The Morgan fingerprint density at radius 3 is 2.62 bits per heavy atom. The van der Waals surface area contributed by atoms with E-state index in [0.29, 0.717) is 6.61 Å². The van der Waals surface area contributed by atoms with Gasteiger partial charge >= 0.3 is 5.97 Å². The van der Waals surface area contributed by atoms with E-state index in [0.717, 1.165) is 12.1 Å². The van der Waals surface area contributed by atoms with Gasteiger partial charge in [0, 0.05) is 13.7 Å². The molecule has 1 atom stereocenters. The topological polar surface area (TPSA) is 135 Å². The van der Waals surface area contributed by atoms with Crippen LogP contribution in [0, 0.1) is 0 Å². The molecule has 0 aromatic carbocycles. The number of aromatic carboxylic acids is 1. The Labute approximate surface area is 121 Å². The highest BCUT2D eigenvalue weighted by atomic mass is 32.2. The second-order valence-corrected chi connectivity index (χ2v) is 5.70. The fourth-order valence-corrected chi connectivity index (χ4v) is 2.49. The minimum absolute atomic E-state index is 0.241. The lowest BCUT2D eigenvalue weighted by molar-refractivity contribution is -0.122. The summed E-state index contributed by atoms with van der Waals surface area (Å²) in [5.41, 5.74) is 0. The molecule has 10 heteroatoms. The Morgan fingerprint density at radius 2 is 2.10 bits per heavy atom. The van der Waals surface area contributed by atoms with Gasteiger partial charge in [0.05, 0.1) is 12.6 Å². The number of carboxylic acid groups (broad SMARTS) is 1. The second kappa shape index (κ2) is 7.20. The largest absolute Gasteiger partial charge is 0.475 e. The molecule has 0 saturated heterocycles. The summed E-state index contributed by atoms with van der Waals surface area (Å²) in [7, 11) is -2.65. The van der Waals surface area contributed by atoms with Gasteiger partial charge in [-0.05, 0) is 19.1 Å². The Morgan fingerprint density at radius 1 is 1.43 bits per heavy atom. The lowest BCUT2D eigenvalue weighted by Crippen LogP contribution is -2.45. The number of ether oxygens (including phenoxy) is 1. The average Bonchev–Trinajstić information content (AvgIpc) is 2.88. The quantitative estimate of drug-likeness (QED) is 0.545. The summed E-state index contributed by atoms with van der Waals surface area (Å²) in [4.78, 5) is 22.3. The summed E-state index contributed by atoms with van der Waals surface area (Å²) in [6.07, 6.45) is 0. The molecule has 21 heavy (non-hydrogen) atoms. The summed E-state index contributed by atoms with van der Waals surface area (Å²) in [5.74, 6) is -2.44. The van der Waals surface area contributed by atoms with Crippen molar-refractivity contribution in [1.82, 2.24) is 10.0 Å². The zero-order valence-electron chi connectivity index (χ0n) is 11.5. The molecule has 1 amide bonds. The van der Waals surface area contributed by atoms with Gasteiger partial charge in [-0.3, -0.25) is 4.79 Å². The Kier molecular flexibility index (Phi) is 5.88. The first-order valence-electron chi connectivity index (χ1n) is 5.90. The number of methoxy groups -OCH3 is 1. The number of carbonyl (C=O) groups excluding carboxylic acids is 1. The third-order valence-corrected chi connectivity index (χ3v) is 3.80. The molecule has 0 aliphatic carbocycles. The van der Waals surface area contributed by atoms with E-state index in [2.05, 4.69) is 14.5 Å². The molecule has 3 N–H and O–H groups in total. The molecule has 9 nitrogen and oxygen atoms in total. The molecule has 1 aromatic heterocycles. The van der Waals surface area contributed by atoms with Crippen molar-refractivity contribution in [1.29, 1.82) is 0 Å². The number of carbonyl (C=O) groups is 2. The van der Waals surface area contributed by atoms with E-state index in [-0.39, 0.29) is 6.54 Å². The number of hydrogen-bond donors (Lipinski definition) is 3. The zero-order valence-corrected chi connectivity index (χ0v) is 12.3. The van der Waals surface area contributed by atoms with Gasteiger partial charge in [-0.2, -0.15) is 4.72 Å². The molecule has 118 valence electrons. The maximum absolute atomic E-state index is 11.9. The van der Waals surface area contributed by atoms with Crippen molar-refractivity contribution in [3.63, 3.8) is 0 Å². The molecule has 1 unspecified atom stereocenters. The lowest BCUT2D eigenvalue weighted by Gasteiger charge is -2.13. The number of hydrogen-bond acceptors (Lipinski definition) is 6. The van der Waals surface area contributed by atoms with Crippen LogP contribution in [0.1, 0.15) is 17.5 Å². The highest BCUT2D eigenvalue weighted by Gasteiger charge is 2.25. The predicted octanol–water partition coefficient (Wildman–Crippen LogP) is -0.593. The molecular weight excluding hydrogens is 304 g/mol. The highest BCUT2D eigenvalue weighted by Crippen LogP contribution is 2.14. The summed E-state index contributed by atoms with van der Waals surface area (Å²) >= 11 is 0.